The molecule has 1 aliphatic rings. The van der Waals surface area contributed by atoms with Gasteiger partial charge in [0.25, 0.3) is 0 Å². The SMILES string of the molecule is CC(C(=O)OC(C)(C)C)N1C(=O)C(N)CCc2ccccc21. The van der Waals surface area contributed by atoms with Crippen molar-refractivity contribution in [2.45, 2.75) is 58.2 Å². The Morgan fingerprint density at radius 2 is 2.00 bits per heavy atom. The standard InChI is InChI=1S/C17H24N2O3/c1-11(16(21)22-17(2,3)4)19-14-8-6-5-7-12(14)9-10-13(18)15(19)20/h5-8,11,13H,9-10,18H2,1-4H3. The molecule has 2 rings (SSSR count). The van der Waals surface area contributed by atoms with Crippen molar-refractivity contribution in [2.24, 2.45) is 5.73 Å². The minimum atomic E-state index is -0.711. The number of hydrogen-bond acceptors (Lipinski definition) is 4. The summed E-state index contributed by atoms with van der Waals surface area (Å²) in [7, 11) is 0. The molecular weight excluding hydrogens is 280 g/mol. The third-order valence-electron chi connectivity index (χ3n) is 3.67. The summed E-state index contributed by atoms with van der Waals surface area (Å²) < 4.78 is 5.42. The van der Waals surface area contributed by atoms with Gasteiger partial charge in [-0.3, -0.25) is 9.69 Å². The summed E-state index contributed by atoms with van der Waals surface area (Å²) in [5.41, 5.74) is 7.15. The normalized spacial score (nSPS) is 20.1. The van der Waals surface area contributed by atoms with Crippen molar-refractivity contribution >= 4 is 17.6 Å². The van der Waals surface area contributed by atoms with Gasteiger partial charge in [0.05, 0.1) is 6.04 Å². The number of esters is 1. The lowest BCUT2D eigenvalue weighted by Crippen LogP contribution is -2.51. The van der Waals surface area contributed by atoms with E-state index in [9.17, 15) is 9.59 Å². The quantitative estimate of drug-likeness (QED) is 0.848. The summed E-state index contributed by atoms with van der Waals surface area (Å²) in [5, 5.41) is 0. The van der Waals surface area contributed by atoms with Crippen molar-refractivity contribution in [1.82, 2.24) is 0 Å². The van der Waals surface area contributed by atoms with E-state index < -0.39 is 23.7 Å². The van der Waals surface area contributed by atoms with E-state index in [1.807, 2.05) is 45.0 Å². The lowest BCUT2D eigenvalue weighted by atomic mass is 10.1. The van der Waals surface area contributed by atoms with E-state index in [0.717, 1.165) is 17.7 Å². The predicted molar refractivity (Wildman–Crippen MR) is 85.5 cm³/mol. The molecule has 0 aromatic heterocycles. The number of nitrogens with zero attached hydrogens (tertiary/aromatic N) is 1. The number of carbonyl (C=O) groups excluding carboxylic acids is 2. The summed E-state index contributed by atoms with van der Waals surface area (Å²) in [6.45, 7) is 7.10. The molecule has 2 N–H and O–H groups in total. The Hall–Kier alpha value is -1.88. The molecule has 120 valence electrons. The van der Waals surface area contributed by atoms with Crippen molar-refractivity contribution < 1.29 is 14.3 Å². The van der Waals surface area contributed by atoms with E-state index in [4.69, 9.17) is 10.5 Å². The fraction of sp³-hybridized carbons (Fsp3) is 0.529. The average Bonchev–Trinajstić information content (AvgIpc) is 2.55. The lowest BCUT2D eigenvalue weighted by molar-refractivity contribution is -0.156. The van der Waals surface area contributed by atoms with E-state index in [2.05, 4.69) is 0 Å². The Balaban J connectivity index is 2.37. The van der Waals surface area contributed by atoms with E-state index in [0.29, 0.717) is 6.42 Å². The molecule has 0 radical (unpaired) electrons. The van der Waals surface area contributed by atoms with Crippen molar-refractivity contribution in [3.63, 3.8) is 0 Å². The maximum atomic E-state index is 12.6. The number of benzene rings is 1. The molecule has 0 spiro atoms. The van der Waals surface area contributed by atoms with Crippen LogP contribution in [-0.4, -0.2) is 29.6 Å². The van der Waals surface area contributed by atoms with E-state index >= 15 is 0 Å². The predicted octanol–water partition coefficient (Wildman–Crippen LogP) is 2.02. The number of ether oxygens (including phenoxy) is 1. The van der Waals surface area contributed by atoms with Gasteiger partial charge in [0.15, 0.2) is 0 Å². The van der Waals surface area contributed by atoms with Gasteiger partial charge in [-0.2, -0.15) is 0 Å². The van der Waals surface area contributed by atoms with Crippen LogP contribution in [0.25, 0.3) is 0 Å². The third-order valence-corrected chi connectivity index (χ3v) is 3.67. The highest BCUT2D eigenvalue weighted by atomic mass is 16.6. The smallest absolute Gasteiger partial charge is 0.329 e. The van der Waals surface area contributed by atoms with Gasteiger partial charge in [0, 0.05) is 5.69 Å². The molecule has 22 heavy (non-hydrogen) atoms. The van der Waals surface area contributed by atoms with Crippen LogP contribution < -0.4 is 10.6 Å². The first-order valence-electron chi connectivity index (χ1n) is 7.60. The highest BCUT2D eigenvalue weighted by Gasteiger charge is 2.36. The van der Waals surface area contributed by atoms with Crippen LogP contribution in [0.1, 0.15) is 39.7 Å². The summed E-state index contributed by atoms with van der Waals surface area (Å²) >= 11 is 0. The largest absolute Gasteiger partial charge is 0.458 e. The van der Waals surface area contributed by atoms with E-state index in [-0.39, 0.29) is 5.91 Å². The minimum absolute atomic E-state index is 0.233. The molecule has 0 aliphatic carbocycles. The van der Waals surface area contributed by atoms with Crippen molar-refractivity contribution in [3.05, 3.63) is 29.8 Å². The van der Waals surface area contributed by atoms with Crippen LogP contribution in [0.4, 0.5) is 5.69 Å². The molecule has 1 aliphatic heterocycles. The average molecular weight is 304 g/mol. The highest BCUT2D eigenvalue weighted by molar-refractivity contribution is 6.03. The molecule has 0 saturated heterocycles. The van der Waals surface area contributed by atoms with Crippen molar-refractivity contribution in [3.8, 4) is 0 Å². The molecule has 5 heteroatoms. The Morgan fingerprint density at radius 1 is 1.36 bits per heavy atom. The zero-order valence-corrected chi connectivity index (χ0v) is 13.6. The molecular formula is C17H24N2O3. The molecule has 0 saturated carbocycles. The second-order valence-electron chi connectivity index (χ2n) is 6.69. The number of rotatable bonds is 2. The second-order valence-corrected chi connectivity index (χ2v) is 6.69. The summed E-state index contributed by atoms with van der Waals surface area (Å²) in [6, 6.07) is 6.30. The maximum absolute atomic E-state index is 12.6. The molecule has 0 bridgehead atoms. The first kappa shape index (κ1) is 16.5. The fourth-order valence-corrected chi connectivity index (χ4v) is 2.58. The van der Waals surface area contributed by atoms with Crippen LogP contribution in [0, 0.1) is 0 Å². The van der Waals surface area contributed by atoms with Gasteiger partial charge in [-0.05, 0) is 52.2 Å². The Bertz CT molecular complexity index is 578. The van der Waals surface area contributed by atoms with Crippen molar-refractivity contribution in [1.29, 1.82) is 0 Å². The van der Waals surface area contributed by atoms with Gasteiger partial charge < -0.3 is 10.5 Å². The monoisotopic (exact) mass is 304 g/mol. The summed E-state index contributed by atoms with van der Waals surface area (Å²) in [4.78, 5) is 26.5. The van der Waals surface area contributed by atoms with Crippen LogP contribution in [0.15, 0.2) is 24.3 Å². The van der Waals surface area contributed by atoms with Gasteiger partial charge in [-0.15, -0.1) is 0 Å². The number of fused-ring (bicyclic) bond motifs is 1. The molecule has 1 amide bonds. The number of para-hydroxylation sites is 1. The van der Waals surface area contributed by atoms with Crippen LogP contribution in [-0.2, 0) is 20.7 Å². The van der Waals surface area contributed by atoms with Gasteiger partial charge in [-0.1, -0.05) is 18.2 Å². The molecule has 2 atom stereocenters. The number of aryl methyl sites for hydroxylation is 1. The number of anilines is 1. The Kier molecular flexibility index (Phi) is 4.56. The first-order valence-corrected chi connectivity index (χ1v) is 7.60. The molecule has 5 nitrogen and oxygen atoms in total. The minimum Gasteiger partial charge on any atom is -0.458 e. The van der Waals surface area contributed by atoms with Crippen molar-refractivity contribution in [2.75, 3.05) is 4.90 Å². The molecule has 1 heterocycles. The van der Waals surface area contributed by atoms with E-state index in [1.54, 1.807) is 6.92 Å². The number of hydrogen-bond donors (Lipinski definition) is 1. The topological polar surface area (TPSA) is 72.6 Å². The first-order chi connectivity index (χ1) is 10.2. The van der Waals surface area contributed by atoms with Gasteiger partial charge in [0.2, 0.25) is 5.91 Å². The van der Waals surface area contributed by atoms with Crippen LogP contribution in [0.5, 0.6) is 0 Å². The third kappa shape index (κ3) is 3.47. The maximum Gasteiger partial charge on any atom is 0.329 e. The number of carbonyl (C=O) groups is 2. The second kappa shape index (κ2) is 6.08. The summed E-state index contributed by atoms with van der Waals surface area (Å²) in [6.07, 6.45) is 1.30. The van der Waals surface area contributed by atoms with E-state index in [1.165, 1.54) is 4.90 Å². The summed E-state index contributed by atoms with van der Waals surface area (Å²) in [5.74, 6) is -0.659. The van der Waals surface area contributed by atoms with Gasteiger partial charge in [-0.25, -0.2) is 4.79 Å². The molecule has 1 aromatic rings. The van der Waals surface area contributed by atoms with Gasteiger partial charge >= 0.3 is 5.97 Å². The number of amides is 1. The lowest BCUT2D eigenvalue weighted by Gasteiger charge is -2.31. The van der Waals surface area contributed by atoms with Crippen LogP contribution in [0.3, 0.4) is 0 Å². The van der Waals surface area contributed by atoms with Crippen LogP contribution in [0.2, 0.25) is 0 Å². The zero-order valence-electron chi connectivity index (χ0n) is 13.6. The van der Waals surface area contributed by atoms with Crippen LogP contribution >= 0.6 is 0 Å². The molecule has 0 fully saturated rings. The van der Waals surface area contributed by atoms with Gasteiger partial charge in [0.1, 0.15) is 11.6 Å². The number of nitrogens with two attached hydrogens (primary N) is 1. The Morgan fingerprint density at radius 3 is 2.64 bits per heavy atom. The fourth-order valence-electron chi connectivity index (χ4n) is 2.58. The molecule has 2 unspecified atom stereocenters. The highest BCUT2D eigenvalue weighted by Crippen LogP contribution is 2.29. The zero-order chi connectivity index (χ0) is 16.5. The molecule has 1 aromatic carbocycles. The Labute approximate surface area is 131 Å².